The summed E-state index contributed by atoms with van der Waals surface area (Å²) >= 11 is 3.56. The first-order valence-electron chi connectivity index (χ1n) is 36.8. The molecule has 2 nitrogen and oxygen atoms in total. The van der Waals surface area contributed by atoms with E-state index in [0.717, 1.165) is 4.47 Å². The van der Waals surface area contributed by atoms with E-state index in [0.29, 0.717) is 64.7 Å². The van der Waals surface area contributed by atoms with Crippen molar-refractivity contribution in [3.05, 3.63) is 400 Å². The van der Waals surface area contributed by atoms with Gasteiger partial charge in [0.05, 0.1) is 0 Å². The topological polar surface area (TPSA) is 40.5 Å². The molecule has 0 heterocycles. The monoisotopic (exact) mass is 1380 g/mol. The minimum Gasteiger partial charge on any atom is -0.423 e. The van der Waals surface area contributed by atoms with Crippen LogP contribution in [0.5, 0.6) is 0 Å². The van der Waals surface area contributed by atoms with E-state index in [1.165, 1.54) is 122 Å². The molecule has 0 bridgehead atoms. The molecule has 0 amide bonds. The van der Waals surface area contributed by atoms with Crippen molar-refractivity contribution in [2.75, 3.05) is 0 Å². The van der Waals surface area contributed by atoms with Gasteiger partial charge in [0.1, 0.15) is 0 Å². The molecule has 4 heteroatoms. The Kier molecular flexibility index (Phi) is 16.3. The summed E-state index contributed by atoms with van der Waals surface area (Å²) in [7, 11) is -1.41. The third-order valence-corrected chi connectivity index (χ3v) is 25.0. The summed E-state index contributed by atoms with van der Waals surface area (Å²) in [6.07, 6.45) is 68.3. The van der Waals surface area contributed by atoms with E-state index in [1.54, 1.807) is 0 Å². The van der Waals surface area contributed by atoms with E-state index in [2.05, 4.69) is 371 Å². The van der Waals surface area contributed by atoms with Crippen LogP contribution in [0, 0.1) is 71.0 Å². The lowest BCUT2D eigenvalue weighted by atomic mass is 9.58. The minimum absolute atomic E-state index is 0.00238. The van der Waals surface area contributed by atoms with Gasteiger partial charge in [0.2, 0.25) is 0 Å². The van der Waals surface area contributed by atoms with Crippen LogP contribution in [-0.4, -0.2) is 17.2 Å². The lowest BCUT2D eigenvalue weighted by molar-refractivity contribution is 0.332. The second-order valence-corrected chi connectivity index (χ2v) is 31.6. The molecular weight excluding hydrogens is 1300 g/mol. The number of benzene rings is 8. The standard InChI is InChI=1S/C49H40.C25H19Br.C24H23BO2/c1-49(2)47-18-10-9-17-44(47)45-24-23-34(30-48(45)49)32-19-20-33-28-36(22-21-31(33)27-32)38-25-26-43(41-15-7-5-14-40(38)41)46-29-35-11-3-4-12-37(35)39-13-6-8-16-42(39)46;1-25(2)23-6-4-3-5-21(23)22-12-10-19(15-24(22)25)16-7-8-18-14-20(26)11-9-17(18)13-16;26-25(27)24-14-13-21(19-10-5-6-12-22(19)24)23-15-16-7-1-2-8-17(16)18-9-3-4-11-20(18)23/h3-30,35,37,39-42H,1-2H3;3-15H,1-2H3;1-20,22,26-27H. The quantitative estimate of drug-likeness (QED) is 0.163. The Hall–Kier alpha value is -9.94. The zero-order valence-corrected chi connectivity index (χ0v) is 59.7. The smallest absolute Gasteiger partial charge is 0.423 e. The molecule has 0 aromatic heterocycles. The van der Waals surface area contributed by atoms with Crippen molar-refractivity contribution in [1.29, 1.82) is 0 Å². The summed E-state index contributed by atoms with van der Waals surface area (Å²) in [5, 5.41) is 24.7. The summed E-state index contributed by atoms with van der Waals surface area (Å²) in [6, 6.07) is 58.9. The fourth-order valence-electron chi connectivity index (χ4n) is 19.3. The highest BCUT2D eigenvalue weighted by Crippen LogP contribution is 2.55. The molecule has 496 valence electrons. The highest BCUT2D eigenvalue weighted by atomic mass is 79.9. The van der Waals surface area contributed by atoms with Gasteiger partial charge in [-0.25, -0.2) is 0 Å². The van der Waals surface area contributed by atoms with Crippen molar-refractivity contribution >= 4 is 50.2 Å². The molecule has 2 N–H and O–H groups in total. The Balaban J connectivity index is 0.000000119. The molecular formula is C98H82BBrO2. The normalized spacial score (nSPS) is 27.0. The Labute approximate surface area is 610 Å². The lowest BCUT2D eigenvalue weighted by Crippen LogP contribution is -2.36. The predicted octanol–water partition coefficient (Wildman–Crippen LogP) is 23.6. The van der Waals surface area contributed by atoms with Gasteiger partial charge in [0.25, 0.3) is 0 Å². The zero-order chi connectivity index (χ0) is 69.0. The van der Waals surface area contributed by atoms with Crippen LogP contribution in [0.2, 0.25) is 0 Å². The van der Waals surface area contributed by atoms with Gasteiger partial charge in [-0.05, 0) is 193 Å². The number of halogens is 1. The fraction of sp³-hybridized carbons (Fsp3) is 0.184. The third-order valence-electron chi connectivity index (χ3n) is 24.6. The third kappa shape index (κ3) is 11.1. The lowest BCUT2D eigenvalue weighted by Gasteiger charge is -2.43. The Morgan fingerprint density at radius 2 is 0.647 bits per heavy atom. The molecule has 8 aromatic rings. The van der Waals surface area contributed by atoms with E-state index in [-0.39, 0.29) is 22.7 Å². The molecule has 20 rings (SSSR count). The zero-order valence-electron chi connectivity index (χ0n) is 58.1. The van der Waals surface area contributed by atoms with Crippen molar-refractivity contribution < 1.29 is 10.0 Å². The number of rotatable bonds is 6. The van der Waals surface area contributed by atoms with Gasteiger partial charge in [0.15, 0.2) is 0 Å². The number of allylic oxidation sites excluding steroid dienone is 36. The summed E-state index contributed by atoms with van der Waals surface area (Å²) in [4.78, 5) is 0. The van der Waals surface area contributed by atoms with Crippen LogP contribution < -0.4 is 0 Å². The van der Waals surface area contributed by atoms with Crippen LogP contribution in [0.4, 0.5) is 0 Å². The van der Waals surface area contributed by atoms with Crippen molar-refractivity contribution in [3.8, 4) is 44.5 Å². The largest absolute Gasteiger partial charge is 0.484 e. The van der Waals surface area contributed by atoms with Crippen molar-refractivity contribution in [2.24, 2.45) is 71.0 Å². The van der Waals surface area contributed by atoms with Crippen molar-refractivity contribution in [1.82, 2.24) is 0 Å². The highest BCUT2D eigenvalue weighted by Gasteiger charge is 2.44. The van der Waals surface area contributed by atoms with Gasteiger partial charge in [0, 0.05) is 62.6 Å². The van der Waals surface area contributed by atoms with Crippen LogP contribution in [0.15, 0.2) is 372 Å². The predicted molar refractivity (Wildman–Crippen MR) is 432 cm³/mol. The van der Waals surface area contributed by atoms with Crippen molar-refractivity contribution in [3.63, 3.8) is 0 Å². The maximum atomic E-state index is 9.80. The average molecular weight is 1380 g/mol. The number of hydrogen-bond acceptors (Lipinski definition) is 2. The molecule has 8 aromatic carbocycles. The molecule has 0 spiro atoms. The van der Waals surface area contributed by atoms with Gasteiger partial charge < -0.3 is 10.0 Å². The summed E-state index contributed by atoms with van der Waals surface area (Å²) in [5.74, 6) is 4.51. The summed E-state index contributed by atoms with van der Waals surface area (Å²) < 4.78 is 1.12. The van der Waals surface area contributed by atoms with Gasteiger partial charge in [-0.3, -0.25) is 0 Å². The molecule has 12 unspecified atom stereocenters. The Morgan fingerprint density at radius 1 is 0.294 bits per heavy atom. The number of hydrogen-bond donors (Lipinski definition) is 2. The summed E-state index contributed by atoms with van der Waals surface area (Å²) in [5.41, 5.74) is 25.5. The molecule has 0 aliphatic heterocycles. The van der Waals surface area contributed by atoms with E-state index >= 15 is 0 Å². The molecule has 12 atom stereocenters. The Bertz CT molecular complexity index is 5420. The molecule has 0 saturated heterocycles. The van der Waals surface area contributed by atoms with Gasteiger partial charge in [-0.2, -0.15) is 0 Å². The molecule has 12 aliphatic carbocycles. The molecule has 102 heavy (non-hydrogen) atoms. The van der Waals surface area contributed by atoms with Crippen LogP contribution in [0.25, 0.3) is 71.6 Å². The van der Waals surface area contributed by atoms with Crippen LogP contribution in [0.3, 0.4) is 0 Å². The van der Waals surface area contributed by atoms with Crippen LogP contribution in [0.1, 0.15) is 55.5 Å². The van der Waals surface area contributed by atoms with Crippen LogP contribution in [-0.2, 0) is 10.8 Å². The summed E-state index contributed by atoms with van der Waals surface area (Å²) in [6.45, 7) is 9.38. The maximum Gasteiger partial charge on any atom is 0.484 e. The molecule has 0 fully saturated rings. The van der Waals surface area contributed by atoms with Gasteiger partial charge in [-0.1, -0.05) is 341 Å². The molecule has 12 aliphatic rings. The van der Waals surface area contributed by atoms with Crippen molar-refractivity contribution in [2.45, 2.75) is 38.5 Å². The van der Waals surface area contributed by atoms with E-state index in [4.69, 9.17) is 0 Å². The first-order chi connectivity index (χ1) is 49.8. The SMILES string of the molecule is CC1(C)c2ccccc2-c2ccc(-c3ccc4cc(Br)ccc4c3)cc21.CC1(C)c2ccccc2-c2ccc(-c3ccc4cc(C5=CC=C(C6=CC7C=CC=CC7C7C=CC=CC67)C6C=CC=CC56)ccc4c3)cc21.OB(O)C1=CC=C(C2=CC3C=CC=CC3C3C=CC=CC23)C2C=CC=CC12. The Morgan fingerprint density at radius 3 is 1.16 bits per heavy atom. The van der Waals surface area contributed by atoms with E-state index in [9.17, 15) is 10.0 Å². The van der Waals surface area contributed by atoms with Gasteiger partial charge >= 0.3 is 7.12 Å². The average Bonchev–Trinajstić information content (AvgIpc) is 1.35. The highest BCUT2D eigenvalue weighted by molar-refractivity contribution is 9.10. The fourth-order valence-corrected chi connectivity index (χ4v) is 19.7. The van der Waals surface area contributed by atoms with E-state index < -0.39 is 7.12 Å². The first-order valence-corrected chi connectivity index (χ1v) is 37.6. The van der Waals surface area contributed by atoms with Crippen LogP contribution >= 0.6 is 15.9 Å². The first kappa shape index (κ1) is 64.2. The molecule has 0 radical (unpaired) electrons. The minimum atomic E-state index is -1.41. The maximum absolute atomic E-state index is 9.80. The molecule has 0 saturated carbocycles. The second-order valence-electron chi connectivity index (χ2n) is 30.7. The number of fused-ring (bicyclic) bond motifs is 16. The van der Waals surface area contributed by atoms with Gasteiger partial charge in [-0.15, -0.1) is 0 Å². The second kappa shape index (κ2) is 25.8. The van der Waals surface area contributed by atoms with E-state index in [1.807, 2.05) is 12.2 Å².